The molecule has 0 aromatic heterocycles. The van der Waals surface area contributed by atoms with E-state index in [1.807, 2.05) is 0 Å². The number of aliphatic hydroxyl groups is 1. The summed E-state index contributed by atoms with van der Waals surface area (Å²) in [6.07, 6.45) is 0.167. The van der Waals surface area contributed by atoms with Crippen LogP contribution in [0.15, 0.2) is 76.8 Å². The number of benzene rings is 2. The number of likely N-dealkylation sites (N-methyl/N-ethyl adjacent to an activating group) is 1. The van der Waals surface area contributed by atoms with E-state index < -0.39 is 178 Å². The summed E-state index contributed by atoms with van der Waals surface area (Å²) >= 11 is 0. The summed E-state index contributed by atoms with van der Waals surface area (Å²) < 4.78 is 64.0. The Kier molecular flexibility index (Phi) is 25.9. The number of ketones is 2. The predicted molar refractivity (Wildman–Crippen MR) is 359 cm³/mol. The number of rotatable bonds is 20. The van der Waals surface area contributed by atoms with Crippen molar-refractivity contribution in [2.24, 2.45) is 34.6 Å². The number of nitrogens with zero attached hydrogens (tertiary/aromatic N) is 3. The highest BCUT2D eigenvalue weighted by Crippen LogP contribution is 2.61. The third kappa shape index (κ3) is 18.7. The normalized spacial score (nSPS) is 25.6. The van der Waals surface area contributed by atoms with Crippen LogP contribution < -0.4 is 26.0 Å². The Labute approximate surface area is 578 Å². The first-order valence-corrected chi connectivity index (χ1v) is 36.1. The van der Waals surface area contributed by atoms with Gasteiger partial charge in [0.05, 0.1) is 41.0 Å². The molecule has 2 aromatic carbocycles. The van der Waals surface area contributed by atoms with Crippen LogP contribution in [-0.4, -0.2) is 193 Å². The van der Waals surface area contributed by atoms with E-state index in [1.165, 1.54) is 97.5 Å². The second-order valence-corrected chi connectivity index (χ2v) is 30.5. The average Bonchev–Trinajstić information content (AvgIpc) is 1.52. The lowest BCUT2D eigenvalue weighted by molar-refractivity contribution is -0.167. The van der Waals surface area contributed by atoms with Gasteiger partial charge >= 0.3 is 45.0 Å². The molecule has 10 N–H and O–H groups in total. The molecule has 1 fully saturated rings. The molecule has 33 heteroatoms. The van der Waals surface area contributed by atoms with Gasteiger partial charge in [-0.25, -0.2) is 4.79 Å². The van der Waals surface area contributed by atoms with Gasteiger partial charge in [0.25, 0.3) is 11.7 Å². The van der Waals surface area contributed by atoms with Gasteiger partial charge < -0.3 is 94.0 Å². The van der Waals surface area contributed by atoms with Crippen LogP contribution in [0.25, 0.3) is 0 Å². The number of esters is 3. The SMILES string of the molecule is CCC(=O)OCOC(=O)N[C@@H](CCC(=O)Nc1ccc(CC(P(=O)(O)O)P(=O)(O)O)cc1)C(=O)N(C)CC(=O)O[C@@H]1[C@@H](C)[C@@H](O)[C@@H](C)[C@H](OC(C)=O)[C@H](C)[C@@H](OC)/C=C/O[C@@]2(C)Oc3c(C)c(O)c4c(c3C2=O)C2=NC3(CCN(CC(C)C)CC3)NC2=C(NC(=O)/C(C)=C\C=C\[C@@H]1C)C4=O. The maximum absolute atomic E-state index is 15.1. The number of aliphatic imine (C=N–C) groups is 1. The van der Waals surface area contributed by atoms with Gasteiger partial charge in [0.2, 0.25) is 24.4 Å². The second-order valence-electron chi connectivity index (χ2n) is 26.4. The number of alkyl carbamates (subject to hydrolysis) is 1. The van der Waals surface area contributed by atoms with Gasteiger partial charge in [0.1, 0.15) is 47.7 Å². The molecule has 8 rings (SSSR count). The van der Waals surface area contributed by atoms with Gasteiger partial charge in [0, 0.05) is 119 Å². The number of allylic oxidation sites excluding steroid dienone is 4. The summed E-state index contributed by atoms with van der Waals surface area (Å²) in [6, 6.07) is 3.51. The van der Waals surface area contributed by atoms with E-state index in [0.29, 0.717) is 31.8 Å². The number of carbonyl (C=O) groups is 9. The number of carbonyl (C=O) groups excluding carboxylic acids is 9. The molecule has 10 atom stereocenters. The Morgan fingerprint density at radius 1 is 0.870 bits per heavy atom. The largest absolute Gasteiger partial charge is 0.507 e. The van der Waals surface area contributed by atoms with E-state index in [1.54, 1.807) is 33.8 Å². The molecule has 0 radical (unpaired) electrons. The lowest BCUT2D eigenvalue weighted by atomic mass is 9.78. The smallest absolute Gasteiger partial charge is 0.410 e. The van der Waals surface area contributed by atoms with Crippen molar-refractivity contribution in [1.82, 2.24) is 25.8 Å². The monoisotopic (exact) mass is 1440 g/mol. The Morgan fingerprint density at radius 3 is 2.11 bits per heavy atom. The van der Waals surface area contributed by atoms with E-state index in [4.69, 9.17) is 38.2 Å². The fourth-order valence-corrected chi connectivity index (χ4v) is 15.2. The minimum Gasteiger partial charge on any atom is -0.507 e. The van der Waals surface area contributed by atoms with Crippen LogP contribution in [0.4, 0.5) is 10.5 Å². The van der Waals surface area contributed by atoms with Gasteiger partial charge in [-0.1, -0.05) is 78.8 Å². The quantitative estimate of drug-likeness (QED) is 0.0349. The fraction of sp³-hybridized carbons (Fsp3) is 0.552. The van der Waals surface area contributed by atoms with Crippen molar-refractivity contribution in [3.63, 3.8) is 0 Å². The Morgan fingerprint density at radius 2 is 1.51 bits per heavy atom. The molecule has 6 aliphatic rings. The first-order chi connectivity index (χ1) is 46.7. The predicted octanol–water partition coefficient (Wildman–Crippen LogP) is 5.27. The number of piperidine rings is 1. The number of hydrogen-bond acceptors (Lipinski definition) is 23. The molecule has 5 aliphatic heterocycles. The van der Waals surface area contributed by atoms with Crippen LogP contribution in [0, 0.1) is 36.5 Å². The van der Waals surface area contributed by atoms with Crippen LogP contribution in [-0.2, 0) is 72.7 Å². The topological polar surface area (TPSA) is 441 Å². The number of fused-ring (bicyclic) bond motifs is 13. The van der Waals surface area contributed by atoms with Gasteiger partial charge in [-0.15, -0.1) is 0 Å². The standard InChI is InChI=1S/C67H91N7O24P2/c1-14-47(77)93-33-94-65(85)69-44(22-23-46(76)68-43-20-18-42(19-21-43)30-49(99(86,87)88)100(89,90)91)64(84)73(12)32-48(78)97-59-35(4)16-15-17-36(5)63(83)70-55-54-53(71-67(72-54)25-27-74(28-26-67)31-34(2)3)50-51(58(55)81)57(80)40(9)61-52(50)62(82)66(11,98-61)95-29-24-45(92-13)37(6)60(96-41(10)75)39(8)56(79)38(59)7/h15-21,24,29,34-35,37-39,44-45,49,56,59-60,72,79-80H,14,22-23,25-28,30-33H2,1-13H3,(H,68,76)(H,69,85)(H,70,83)(H2,86,87,88)(H2,89,90,91)/b16-15+,29-24+,36-17-/t35-,37+,38-,39+,44-,45-,56+,59-,60+,66-/m0/s1. The highest BCUT2D eigenvalue weighted by molar-refractivity contribution is 7.70. The molecule has 0 unspecified atom stereocenters. The van der Waals surface area contributed by atoms with E-state index in [-0.39, 0.29) is 68.4 Å². The molecule has 2 aromatic rings. The zero-order valence-corrected chi connectivity index (χ0v) is 59.9. The summed E-state index contributed by atoms with van der Waals surface area (Å²) in [5.41, 5.74) is -1.02. The first-order valence-electron chi connectivity index (χ1n) is 32.7. The average molecular weight is 1440 g/mol. The van der Waals surface area contributed by atoms with Crippen molar-refractivity contribution in [3.05, 3.63) is 99.6 Å². The maximum atomic E-state index is 15.1. The number of phenols is 1. The van der Waals surface area contributed by atoms with Gasteiger partial charge in [-0.2, -0.15) is 0 Å². The van der Waals surface area contributed by atoms with E-state index in [2.05, 4.69) is 40.0 Å². The molecular formula is C67H91N7O24P2. The third-order valence-corrected chi connectivity index (χ3v) is 22.0. The van der Waals surface area contributed by atoms with Crippen molar-refractivity contribution in [2.75, 3.05) is 52.4 Å². The molecule has 31 nitrogen and oxygen atoms in total. The van der Waals surface area contributed by atoms with Crippen molar-refractivity contribution in [3.8, 4) is 11.5 Å². The van der Waals surface area contributed by atoms with Crippen molar-refractivity contribution >= 4 is 79.9 Å². The number of aliphatic hydroxyl groups excluding tert-OH is 1. The number of Topliss-reactive ketones (excluding diaryl/α,β-unsaturated/α-hetero) is 2. The number of aromatic hydroxyl groups is 1. The van der Waals surface area contributed by atoms with Gasteiger partial charge in [-0.05, 0) is 56.4 Å². The Hall–Kier alpha value is -8.12. The molecule has 4 amide bonds. The minimum absolute atomic E-state index is 0.00365. The first kappa shape index (κ1) is 79.2. The zero-order valence-electron chi connectivity index (χ0n) is 58.1. The molecule has 1 saturated heterocycles. The lowest BCUT2D eigenvalue weighted by Crippen LogP contribution is -2.50. The van der Waals surface area contributed by atoms with Crippen LogP contribution in [0.2, 0.25) is 0 Å². The number of anilines is 1. The number of nitrogens with one attached hydrogen (secondary N) is 4. The highest BCUT2D eigenvalue weighted by atomic mass is 31.2. The number of methoxy groups -OCH3 is 1. The summed E-state index contributed by atoms with van der Waals surface area (Å²) in [4.78, 5) is 171. The number of phenolic OH excluding ortho intramolecular Hbond substituents is 1. The van der Waals surface area contributed by atoms with Crippen molar-refractivity contribution < 1.29 is 115 Å². The lowest BCUT2D eigenvalue weighted by Gasteiger charge is -2.39. The number of amides is 4. The third-order valence-electron chi connectivity index (χ3n) is 18.3. The molecular weight excluding hydrogens is 1350 g/mol. The van der Waals surface area contributed by atoms with Crippen LogP contribution in [0.1, 0.15) is 139 Å². The molecule has 100 heavy (non-hydrogen) atoms. The molecule has 5 bridgehead atoms. The van der Waals surface area contributed by atoms with Crippen LogP contribution >= 0.6 is 15.2 Å². The van der Waals surface area contributed by atoms with Crippen molar-refractivity contribution in [1.29, 1.82) is 0 Å². The van der Waals surface area contributed by atoms with E-state index >= 15 is 9.59 Å². The summed E-state index contributed by atoms with van der Waals surface area (Å²) in [5.74, 6) is -12.5. The summed E-state index contributed by atoms with van der Waals surface area (Å²) in [5, 5.41) is 33.3. The molecule has 5 heterocycles. The number of hydrogen-bond donors (Lipinski definition) is 10. The molecule has 548 valence electrons. The Bertz CT molecular complexity index is 3730. The Balaban J connectivity index is 1.20. The summed E-state index contributed by atoms with van der Waals surface area (Å²) in [6.45, 7) is 18.1. The fourth-order valence-electron chi connectivity index (χ4n) is 12.8. The highest BCUT2D eigenvalue weighted by Gasteiger charge is 2.55. The number of likely N-dealkylation sites (tertiary alicyclic amines) is 1. The van der Waals surface area contributed by atoms with Gasteiger partial charge in [-0.3, -0.25) is 52.5 Å². The molecule has 1 aliphatic carbocycles. The molecule has 1 spiro atoms. The van der Waals surface area contributed by atoms with E-state index in [9.17, 15) is 72.5 Å². The van der Waals surface area contributed by atoms with Crippen LogP contribution in [0.5, 0.6) is 11.5 Å². The zero-order chi connectivity index (χ0) is 74.3. The number of ether oxygens (including phenoxy) is 7. The van der Waals surface area contributed by atoms with Crippen LogP contribution in [0.3, 0.4) is 0 Å². The maximum Gasteiger partial charge on any atom is 0.410 e. The van der Waals surface area contributed by atoms with Gasteiger partial charge in [0.15, 0.2) is 5.40 Å². The minimum atomic E-state index is -5.25. The summed E-state index contributed by atoms with van der Waals surface area (Å²) in [7, 11) is -7.94. The molecule has 0 saturated carbocycles. The van der Waals surface area contributed by atoms with E-state index in [0.717, 1.165) is 11.4 Å². The van der Waals surface area contributed by atoms with Crippen molar-refractivity contribution in [2.45, 2.75) is 162 Å². The second kappa shape index (κ2) is 32.7.